The van der Waals surface area contributed by atoms with Crippen molar-refractivity contribution >= 4 is 29.2 Å². The number of halogens is 2. The first kappa shape index (κ1) is 15.6. The van der Waals surface area contributed by atoms with E-state index >= 15 is 0 Å². The van der Waals surface area contributed by atoms with E-state index < -0.39 is 0 Å². The Kier molecular flexibility index (Phi) is 8.49. The first-order valence-corrected chi connectivity index (χ1v) is 6.85. The molecule has 0 spiro atoms. The number of rotatable bonds is 4. The molecule has 0 aliphatic rings. The summed E-state index contributed by atoms with van der Waals surface area (Å²) in [6, 6.07) is 3.09. The van der Waals surface area contributed by atoms with Crippen LogP contribution in [-0.4, -0.2) is 5.75 Å². The first-order chi connectivity index (χ1) is 7.66. The van der Waals surface area contributed by atoms with Gasteiger partial charge in [-0.25, -0.2) is 4.39 Å². The van der Waals surface area contributed by atoms with Crippen molar-refractivity contribution in [3.8, 4) is 0 Å². The lowest BCUT2D eigenvalue weighted by Crippen LogP contribution is -1.93. The van der Waals surface area contributed by atoms with E-state index in [4.69, 9.17) is 11.6 Å². The Morgan fingerprint density at radius 3 is 2.56 bits per heavy atom. The number of anilines is 1. The predicted molar refractivity (Wildman–Crippen MR) is 73.9 cm³/mol. The van der Waals surface area contributed by atoms with E-state index in [1.165, 1.54) is 6.07 Å². The van der Waals surface area contributed by atoms with Crippen LogP contribution in [0.15, 0.2) is 12.1 Å². The average Bonchev–Trinajstić information content (AvgIpc) is 2.32. The summed E-state index contributed by atoms with van der Waals surface area (Å²) in [6.45, 7) is 7.78. The third kappa shape index (κ3) is 4.62. The molecule has 1 aromatic carbocycles. The van der Waals surface area contributed by atoms with Crippen LogP contribution in [0.5, 0.6) is 0 Å². The van der Waals surface area contributed by atoms with Crippen molar-refractivity contribution in [3.63, 3.8) is 0 Å². The van der Waals surface area contributed by atoms with Crippen LogP contribution in [0, 0.1) is 12.7 Å². The molecule has 0 bridgehead atoms. The van der Waals surface area contributed by atoms with Gasteiger partial charge in [-0.15, -0.1) is 0 Å². The standard InChI is InChI=1S/C10H13ClFNS.C2H6/c1-3-6-14-13-9-5-4-8(12)7(2)10(9)11;1-2/h4-5,13H,3,6H2,1-2H3;1-2H3. The van der Waals surface area contributed by atoms with Crippen molar-refractivity contribution in [2.24, 2.45) is 0 Å². The van der Waals surface area contributed by atoms with Crippen molar-refractivity contribution in [2.45, 2.75) is 34.1 Å². The van der Waals surface area contributed by atoms with Crippen LogP contribution in [0.2, 0.25) is 5.02 Å². The summed E-state index contributed by atoms with van der Waals surface area (Å²) in [6.07, 6.45) is 1.09. The summed E-state index contributed by atoms with van der Waals surface area (Å²) in [5.74, 6) is 0.744. The highest BCUT2D eigenvalue weighted by Gasteiger charge is 2.06. The lowest BCUT2D eigenvalue weighted by atomic mass is 10.2. The van der Waals surface area contributed by atoms with Crippen molar-refractivity contribution in [3.05, 3.63) is 28.5 Å². The maximum Gasteiger partial charge on any atom is 0.127 e. The molecule has 0 aromatic heterocycles. The zero-order valence-electron chi connectivity index (χ0n) is 10.2. The monoisotopic (exact) mass is 263 g/mol. The van der Waals surface area contributed by atoms with Crippen LogP contribution >= 0.6 is 23.5 Å². The molecule has 4 heteroatoms. The van der Waals surface area contributed by atoms with Gasteiger partial charge in [-0.3, -0.25) is 0 Å². The van der Waals surface area contributed by atoms with Crippen LogP contribution in [0.4, 0.5) is 10.1 Å². The SMILES string of the molecule is CC.CCCSNc1ccc(F)c(C)c1Cl. The fourth-order valence-corrected chi connectivity index (χ4v) is 1.86. The second kappa shape index (κ2) is 8.71. The molecule has 1 nitrogen and oxygen atoms in total. The number of nitrogens with one attached hydrogen (secondary N) is 1. The third-order valence-electron chi connectivity index (χ3n) is 1.81. The van der Waals surface area contributed by atoms with Gasteiger partial charge in [0.25, 0.3) is 0 Å². The molecule has 92 valence electrons. The minimum absolute atomic E-state index is 0.263. The summed E-state index contributed by atoms with van der Waals surface area (Å²) in [5.41, 5.74) is 1.28. The van der Waals surface area contributed by atoms with E-state index in [2.05, 4.69) is 11.6 Å². The molecule has 0 fully saturated rings. The smallest absolute Gasteiger partial charge is 0.127 e. The van der Waals surface area contributed by atoms with Gasteiger partial charge in [-0.1, -0.05) is 44.3 Å². The largest absolute Gasteiger partial charge is 0.328 e. The predicted octanol–water partition coefficient (Wildman–Crippen LogP) is 5.28. The van der Waals surface area contributed by atoms with Gasteiger partial charge in [0.2, 0.25) is 0 Å². The van der Waals surface area contributed by atoms with Gasteiger partial charge in [0.05, 0.1) is 10.7 Å². The molecule has 0 amide bonds. The molecule has 0 aliphatic carbocycles. The Morgan fingerprint density at radius 2 is 2.00 bits per heavy atom. The van der Waals surface area contributed by atoms with E-state index in [0.717, 1.165) is 17.9 Å². The molecule has 1 N–H and O–H groups in total. The number of benzene rings is 1. The van der Waals surface area contributed by atoms with Gasteiger partial charge >= 0.3 is 0 Å². The Labute approximate surface area is 107 Å². The van der Waals surface area contributed by atoms with Crippen LogP contribution in [0.1, 0.15) is 32.8 Å². The molecular weight excluding hydrogens is 245 g/mol. The van der Waals surface area contributed by atoms with Crippen LogP contribution in [-0.2, 0) is 0 Å². The Bertz CT molecular complexity index is 318. The van der Waals surface area contributed by atoms with Gasteiger partial charge in [0.15, 0.2) is 0 Å². The molecule has 16 heavy (non-hydrogen) atoms. The molecule has 1 rings (SSSR count). The Hall–Kier alpha value is -0.410. The quantitative estimate of drug-likeness (QED) is 0.586. The molecule has 0 radical (unpaired) electrons. The summed E-state index contributed by atoms with van der Waals surface area (Å²) < 4.78 is 16.1. The molecule has 0 heterocycles. The highest BCUT2D eigenvalue weighted by atomic mass is 35.5. The summed E-state index contributed by atoms with van der Waals surface area (Å²) in [7, 11) is 0. The Balaban J connectivity index is 0.00000106. The second-order valence-electron chi connectivity index (χ2n) is 2.98. The van der Waals surface area contributed by atoms with Gasteiger partial charge in [-0.05, 0) is 25.5 Å². The average molecular weight is 264 g/mol. The maximum absolute atomic E-state index is 13.0. The van der Waals surface area contributed by atoms with Crippen molar-refractivity contribution in [2.75, 3.05) is 10.5 Å². The van der Waals surface area contributed by atoms with Crippen LogP contribution < -0.4 is 4.72 Å². The molecule has 0 atom stereocenters. The maximum atomic E-state index is 13.0. The molecule has 0 saturated carbocycles. The zero-order valence-corrected chi connectivity index (χ0v) is 11.8. The molecule has 0 saturated heterocycles. The summed E-state index contributed by atoms with van der Waals surface area (Å²) >= 11 is 7.54. The highest BCUT2D eigenvalue weighted by molar-refractivity contribution is 8.00. The fourth-order valence-electron chi connectivity index (χ4n) is 0.971. The second-order valence-corrected chi connectivity index (χ2v) is 4.26. The number of hydrogen-bond acceptors (Lipinski definition) is 2. The van der Waals surface area contributed by atoms with Gasteiger partial charge < -0.3 is 4.72 Å². The molecular formula is C12H19ClFNS. The lowest BCUT2D eigenvalue weighted by molar-refractivity contribution is 0.619. The lowest BCUT2D eigenvalue weighted by Gasteiger charge is -2.09. The minimum atomic E-state index is -0.263. The first-order valence-electron chi connectivity index (χ1n) is 5.49. The number of hydrogen-bond donors (Lipinski definition) is 1. The van der Waals surface area contributed by atoms with Crippen molar-refractivity contribution < 1.29 is 4.39 Å². The van der Waals surface area contributed by atoms with E-state index in [1.54, 1.807) is 24.9 Å². The van der Waals surface area contributed by atoms with E-state index in [1.807, 2.05) is 13.8 Å². The molecule has 1 aromatic rings. The molecule has 0 unspecified atom stereocenters. The third-order valence-corrected chi connectivity index (χ3v) is 3.27. The van der Waals surface area contributed by atoms with Crippen molar-refractivity contribution in [1.82, 2.24) is 0 Å². The fraction of sp³-hybridized carbons (Fsp3) is 0.500. The van der Waals surface area contributed by atoms with Gasteiger partial charge in [0.1, 0.15) is 5.82 Å². The topological polar surface area (TPSA) is 12.0 Å². The van der Waals surface area contributed by atoms with Crippen LogP contribution in [0.3, 0.4) is 0 Å². The van der Waals surface area contributed by atoms with E-state index in [0.29, 0.717) is 10.6 Å². The van der Waals surface area contributed by atoms with Gasteiger partial charge in [0, 0.05) is 11.3 Å². The van der Waals surface area contributed by atoms with E-state index in [9.17, 15) is 4.39 Å². The van der Waals surface area contributed by atoms with Crippen LogP contribution in [0.25, 0.3) is 0 Å². The van der Waals surface area contributed by atoms with E-state index in [-0.39, 0.29) is 5.82 Å². The highest BCUT2D eigenvalue weighted by Crippen LogP contribution is 2.29. The summed E-state index contributed by atoms with van der Waals surface area (Å²) in [4.78, 5) is 0. The van der Waals surface area contributed by atoms with Crippen molar-refractivity contribution in [1.29, 1.82) is 0 Å². The normalized spacial score (nSPS) is 9.38. The minimum Gasteiger partial charge on any atom is -0.328 e. The molecule has 0 aliphatic heterocycles. The summed E-state index contributed by atoms with van der Waals surface area (Å²) in [5, 5.41) is 0.466. The van der Waals surface area contributed by atoms with Gasteiger partial charge in [-0.2, -0.15) is 0 Å². The zero-order chi connectivity index (χ0) is 12.6. The Morgan fingerprint density at radius 1 is 1.38 bits per heavy atom.